The number of para-hydroxylation sites is 2. The first kappa shape index (κ1) is 16.5. The second-order valence-electron chi connectivity index (χ2n) is 8.12. The van der Waals surface area contributed by atoms with Crippen LogP contribution in [0, 0.1) is 0 Å². The summed E-state index contributed by atoms with van der Waals surface area (Å²) in [5, 5.41) is 0. The normalized spacial score (nSPS) is 18.3. The lowest BCUT2D eigenvalue weighted by molar-refractivity contribution is -0.833. The van der Waals surface area contributed by atoms with Crippen LogP contribution < -0.4 is 9.80 Å². The second kappa shape index (κ2) is 5.80. The van der Waals surface area contributed by atoms with Gasteiger partial charge in [-0.05, 0) is 24.3 Å². The molecule has 0 amide bonds. The third-order valence-corrected chi connectivity index (χ3v) is 6.66. The summed E-state index contributed by atoms with van der Waals surface area (Å²) < 4.78 is 4.99. The summed E-state index contributed by atoms with van der Waals surface area (Å²) in [6, 6.07) is 26.2. The molecule has 1 spiro atoms. The van der Waals surface area contributed by atoms with Crippen LogP contribution in [0.1, 0.15) is 22.3 Å². The van der Waals surface area contributed by atoms with Crippen molar-refractivity contribution in [2.75, 3.05) is 23.9 Å². The number of benzene rings is 3. The Hall–Kier alpha value is -3.40. The van der Waals surface area contributed by atoms with Gasteiger partial charge >= 0.3 is 5.91 Å². The van der Waals surface area contributed by atoms with Gasteiger partial charge in [0.1, 0.15) is 0 Å². The van der Waals surface area contributed by atoms with Crippen molar-refractivity contribution in [1.29, 1.82) is 0 Å². The van der Waals surface area contributed by atoms with Gasteiger partial charge in [-0.25, -0.2) is 9.80 Å². The summed E-state index contributed by atoms with van der Waals surface area (Å²) in [6.45, 7) is 1.73. The molecule has 0 aliphatic carbocycles. The Balaban J connectivity index is 1.70. The fourth-order valence-electron chi connectivity index (χ4n) is 5.33. The molecule has 4 heteroatoms. The van der Waals surface area contributed by atoms with Crippen LogP contribution in [0.4, 0.5) is 11.4 Å². The molecule has 0 bridgehead atoms. The maximum atomic E-state index is 2.49. The molecule has 0 aromatic heterocycles. The van der Waals surface area contributed by atoms with Crippen LogP contribution in [0.15, 0.2) is 72.8 Å². The molecule has 0 unspecified atom stereocenters. The van der Waals surface area contributed by atoms with Crippen molar-refractivity contribution in [2.24, 2.45) is 0 Å². The molecule has 4 nitrogen and oxygen atoms in total. The third kappa shape index (κ3) is 2.09. The average molecular weight is 380 g/mol. The summed E-state index contributed by atoms with van der Waals surface area (Å²) in [5.74, 6) is -0.443. The minimum atomic E-state index is -0.443. The van der Waals surface area contributed by atoms with Gasteiger partial charge in [-0.3, -0.25) is 0 Å². The second-order valence-corrected chi connectivity index (χ2v) is 8.12. The molecule has 0 fully saturated rings. The van der Waals surface area contributed by atoms with Gasteiger partial charge in [0.25, 0.3) is 0 Å². The first-order valence-electron chi connectivity index (χ1n) is 10.2. The highest BCUT2D eigenvalue weighted by molar-refractivity contribution is 5.90. The van der Waals surface area contributed by atoms with Crippen LogP contribution >= 0.6 is 0 Å². The van der Waals surface area contributed by atoms with Gasteiger partial charge in [-0.1, -0.05) is 48.5 Å². The maximum absolute atomic E-state index is 2.49. The topological polar surface area (TPSA) is 12.5 Å². The zero-order valence-corrected chi connectivity index (χ0v) is 16.8. The first-order valence-corrected chi connectivity index (χ1v) is 10.2. The van der Waals surface area contributed by atoms with Crippen molar-refractivity contribution in [2.45, 2.75) is 19.0 Å². The molecule has 6 rings (SSSR count). The van der Waals surface area contributed by atoms with Crippen LogP contribution in [0.5, 0.6) is 0 Å². The molecule has 3 aromatic rings. The number of nitrogens with zero attached hydrogens (tertiary/aromatic N) is 4. The Labute approximate surface area is 171 Å². The largest absolute Gasteiger partial charge is 0.533 e. The molecule has 0 atom stereocenters. The summed E-state index contributed by atoms with van der Waals surface area (Å²) in [5.41, 5.74) is 7.78. The highest BCUT2D eigenvalue weighted by Crippen LogP contribution is 2.41. The van der Waals surface area contributed by atoms with E-state index in [4.69, 9.17) is 0 Å². The van der Waals surface area contributed by atoms with Crippen molar-refractivity contribution in [3.63, 3.8) is 0 Å². The smallest absolute Gasteiger partial charge is 0.234 e. The minimum absolute atomic E-state index is 0.443. The first-order chi connectivity index (χ1) is 14.2. The van der Waals surface area contributed by atoms with Gasteiger partial charge in [0.05, 0.1) is 22.5 Å². The molecule has 3 aliphatic heterocycles. The predicted octanol–water partition coefficient (Wildman–Crippen LogP) is 3.47. The molecular formula is C25H24N4+2. The van der Waals surface area contributed by atoms with Crippen LogP contribution in [0.3, 0.4) is 0 Å². The van der Waals surface area contributed by atoms with E-state index in [1.54, 1.807) is 0 Å². The minimum Gasteiger partial charge on any atom is -0.234 e. The van der Waals surface area contributed by atoms with E-state index >= 15 is 0 Å². The molecule has 0 N–H and O–H groups in total. The molecule has 3 heterocycles. The van der Waals surface area contributed by atoms with Gasteiger partial charge < -0.3 is 0 Å². The molecular weight excluding hydrogens is 356 g/mol. The van der Waals surface area contributed by atoms with Crippen molar-refractivity contribution >= 4 is 23.8 Å². The quantitative estimate of drug-likeness (QED) is 0.554. The van der Waals surface area contributed by atoms with Crippen molar-refractivity contribution < 1.29 is 9.15 Å². The number of hydrogen-bond acceptors (Lipinski definition) is 2. The van der Waals surface area contributed by atoms with Crippen molar-refractivity contribution in [3.8, 4) is 0 Å². The Bertz CT molecular complexity index is 1110. The van der Waals surface area contributed by atoms with Crippen LogP contribution in [-0.2, 0) is 13.1 Å². The third-order valence-electron chi connectivity index (χ3n) is 6.66. The van der Waals surface area contributed by atoms with Crippen LogP contribution in [0.2, 0.25) is 0 Å². The Morgan fingerprint density at radius 2 is 1.03 bits per heavy atom. The zero-order valence-electron chi connectivity index (χ0n) is 16.8. The monoisotopic (exact) mass is 380 g/mol. The highest BCUT2D eigenvalue weighted by atomic mass is 15.7. The van der Waals surface area contributed by atoms with Gasteiger partial charge in [0.15, 0.2) is 25.5 Å². The molecule has 3 aromatic carbocycles. The van der Waals surface area contributed by atoms with E-state index < -0.39 is 5.91 Å². The lowest BCUT2D eigenvalue weighted by Gasteiger charge is -2.44. The van der Waals surface area contributed by atoms with Crippen molar-refractivity contribution in [1.82, 2.24) is 0 Å². The van der Waals surface area contributed by atoms with Crippen LogP contribution in [-0.4, -0.2) is 41.6 Å². The highest BCUT2D eigenvalue weighted by Gasteiger charge is 2.65. The summed E-state index contributed by atoms with van der Waals surface area (Å²) in [7, 11) is 4.44. The van der Waals surface area contributed by atoms with Crippen molar-refractivity contribution in [3.05, 3.63) is 95.1 Å². The lowest BCUT2D eigenvalue weighted by atomic mass is 10.1. The molecule has 0 radical (unpaired) electrons. The summed E-state index contributed by atoms with van der Waals surface area (Å²) in [4.78, 5) is 4.86. The van der Waals surface area contributed by atoms with E-state index in [1.807, 2.05) is 0 Å². The Morgan fingerprint density at radius 1 is 0.621 bits per heavy atom. The van der Waals surface area contributed by atoms with E-state index in [-0.39, 0.29) is 0 Å². The number of fused-ring (bicyclic) bond motifs is 3. The Kier molecular flexibility index (Phi) is 3.31. The fourth-order valence-corrected chi connectivity index (χ4v) is 5.33. The van der Waals surface area contributed by atoms with E-state index in [9.17, 15) is 0 Å². The van der Waals surface area contributed by atoms with E-state index in [0.29, 0.717) is 0 Å². The van der Waals surface area contributed by atoms with Crippen LogP contribution in [0.25, 0.3) is 0 Å². The molecule has 142 valence electrons. The Morgan fingerprint density at radius 3 is 1.52 bits per heavy atom. The lowest BCUT2D eigenvalue weighted by Crippen LogP contribution is -2.74. The van der Waals surface area contributed by atoms with Gasteiger partial charge in [-0.15, -0.1) is 9.15 Å². The van der Waals surface area contributed by atoms with E-state index in [0.717, 1.165) is 13.1 Å². The SMILES string of the molecule is CN1c2ccccc2C=[N+]2Cc3ccccc3C[N+]3=Cc4ccccc4N(C)C123. The predicted molar refractivity (Wildman–Crippen MR) is 117 cm³/mol. The summed E-state index contributed by atoms with van der Waals surface area (Å²) >= 11 is 0. The number of hydrogen-bond donors (Lipinski definition) is 0. The van der Waals surface area contributed by atoms with E-state index in [2.05, 4.69) is 118 Å². The molecule has 3 aliphatic rings. The fraction of sp³-hybridized carbons (Fsp3) is 0.200. The van der Waals surface area contributed by atoms with Gasteiger partial charge in [0, 0.05) is 25.2 Å². The van der Waals surface area contributed by atoms with Gasteiger partial charge in [-0.2, -0.15) is 0 Å². The number of rotatable bonds is 0. The zero-order chi connectivity index (χ0) is 19.6. The standard InChI is InChI=1S/C25H24N4/c1-26-23-13-7-5-11-21(23)17-28-15-19-9-3-4-10-20(19)16-29-18-22-12-6-8-14-24(22)27(2)25(26,28)29/h3-14,17-18H,15-16H2,1-2H3/q+2. The average Bonchev–Trinajstić information content (AvgIpc) is 2.89. The molecule has 0 saturated heterocycles. The molecule has 29 heavy (non-hydrogen) atoms. The molecule has 0 saturated carbocycles. The van der Waals surface area contributed by atoms with Gasteiger partial charge in [0.2, 0.25) is 0 Å². The summed E-state index contributed by atoms with van der Waals surface area (Å²) in [6.07, 6.45) is 4.67. The maximum Gasteiger partial charge on any atom is 0.533 e. The number of anilines is 2. The van der Waals surface area contributed by atoms with E-state index in [1.165, 1.54) is 33.6 Å².